The largest absolute Gasteiger partial charge is 0.484 e. The van der Waals surface area contributed by atoms with E-state index in [1.54, 1.807) is 41.8 Å². The molecule has 2 aromatic rings. The standard InChI is InChI=1S/C16H17ClN2O2S/c17-12-1-5-14(6-2-12)21-11-16(20)19(13-3-4-13)9-7-15-18-8-10-22-15/h1-2,5-6,8,10,13H,3-4,7,9,11H2. The zero-order chi connectivity index (χ0) is 15.4. The lowest BCUT2D eigenvalue weighted by Crippen LogP contribution is -2.38. The molecule has 0 saturated heterocycles. The predicted octanol–water partition coefficient (Wildman–Crippen LogP) is 3.41. The molecule has 1 aromatic heterocycles. The molecule has 6 heteroatoms. The Balaban J connectivity index is 1.52. The van der Waals surface area contributed by atoms with Crippen molar-refractivity contribution in [3.05, 3.63) is 45.9 Å². The van der Waals surface area contributed by atoms with E-state index in [2.05, 4.69) is 4.98 Å². The van der Waals surface area contributed by atoms with Crippen LogP contribution >= 0.6 is 22.9 Å². The van der Waals surface area contributed by atoms with Gasteiger partial charge in [-0.3, -0.25) is 4.79 Å². The number of hydrogen-bond donors (Lipinski definition) is 0. The fourth-order valence-corrected chi connectivity index (χ4v) is 2.98. The van der Waals surface area contributed by atoms with Gasteiger partial charge >= 0.3 is 0 Å². The number of carbonyl (C=O) groups excluding carboxylic acids is 1. The topological polar surface area (TPSA) is 42.4 Å². The molecular weight excluding hydrogens is 320 g/mol. The Hall–Kier alpha value is -1.59. The molecule has 1 aliphatic rings. The molecule has 0 atom stereocenters. The summed E-state index contributed by atoms with van der Waals surface area (Å²) >= 11 is 7.46. The van der Waals surface area contributed by atoms with Gasteiger partial charge in [0.2, 0.25) is 0 Å². The van der Waals surface area contributed by atoms with E-state index in [1.807, 2.05) is 10.3 Å². The SMILES string of the molecule is O=C(COc1ccc(Cl)cc1)N(CCc1nccs1)C1CC1. The van der Waals surface area contributed by atoms with Crippen molar-refractivity contribution in [3.8, 4) is 5.75 Å². The van der Waals surface area contributed by atoms with Gasteiger partial charge in [-0.05, 0) is 37.1 Å². The number of nitrogens with zero attached hydrogens (tertiary/aromatic N) is 2. The van der Waals surface area contributed by atoms with Gasteiger partial charge in [-0.2, -0.15) is 0 Å². The second kappa shape index (κ2) is 7.11. The Morgan fingerprint density at radius 1 is 1.36 bits per heavy atom. The molecule has 0 bridgehead atoms. The number of carbonyl (C=O) groups is 1. The van der Waals surface area contributed by atoms with Gasteiger partial charge in [0.15, 0.2) is 6.61 Å². The molecule has 0 unspecified atom stereocenters. The summed E-state index contributed by atoms with van der Waals surface area (Å²) in [5, 5.41) is 3.68. The van der Waals surface area contributed by atoms with E-state index >= 15 is 0 Å². The molecule has 1 aromatic carbocycles. The molecule has 116 valence electrons. The molecule has 0 spiro atoms. The summed E-state index contributed by atoms with van der Waals surface area (Å²) in [4.78, 5) is 18.6. The third kappa shape index (κ3) is 4.21. The number of aromatic nitrogens is 1. The first-order valence-electron chi connectivity index (χ1n) is 7.28. The van der Waals surface area contributed by atoms with Crippen LogP contribution in [0.2, 0.25) is 5.02 Å². The van der Waals surface area contributed by atoms with Gasteiger partial charge in [0.05, 0.1) is 5.01 Å². The number of rotatable bonds is 7. The quantitative estimate of drug-likeness (QED) is 0.778. The summed E-state index contributed by atoms with van der Waals surface area (Å²) < 4.78 is 5.56. The number of ether oxygens (including phenoxy) is 1. The van der Waals surface area contributed by atoms with Gasteiger partial charge in [-0.1, -0.05) is 11.6 Å². The minimum Gasteiger partial charge on any atom is -0.484 e. The highest BCUT2D eigenvalue weighted by Crippen LogP contribution is 2.27. The van der Waals surface area contributed by atoms with Crippen LogP contribution in [-0.4, -0.2) is 35.0 Å². The number of benzene rings is 1. The van der Waals surface area contributed by atoms with E-state index in [-0.39, 0.29) is 12.5 Å². The maximum atomic E-state index is 12.4. The Morgan fingerprint density at radius 2 is 2.14 bits per heavy atom. The van der Waals surface area contributed by atoms with Crippen LogP contribution in [-0.2, 0) is 11.2 Å². The van der Waals surface area contributed by atoms with Crippen LogP contribution in [0.25, 0.3) is 0 Å². The molecule has 22 heavy (non-hydrogen) atoms. The normalized spacial score (nSPS) is 13.9. The van der Waals surface area contributed by atoms with E-state index in [4.69, 9.17) is 16.3 Å². The molecule has 1 heterocycles. The summed E-state index contributed by atoms with van der Waals surface area (Å²) in [7, 11) is 0. The molecule has 0 aliphatic heterocycles. The van der Waals surface area contributed by atoms with Crippen molar-refractivity contribution in [3.63, 3.8) is 0 Å². The lowest BCUT2D eigenvalue weighted by molar-refractivity contribution is -0.133. The van der Waals surface area contributed by atoms with Crippen LogP contribution in [0, 0.1) is 0 Å². The maximum absolute atomic E-state index is 12.4. The Labute approximate surface area is 138 Å². The minimum absolute atomic E-state index is 0.0361. The predicted molar refractivity (Wildman–Crippen MR) is 87.5 cm³/mol. The first kappa shape index (κ1) is 15.3. The highest BCUT2D eigenvalue weighted by Gasteiger charge is 2.32. The van der Waals surface area contributed by atoms with Gasteiger partial charge in [0, 0.05) is 35.6 Å². The number of hydrogen-bond acceptors (Lipinski definition) is 4. The molecule has 1 saturated carbocycles. The van der Waals surface area contributed by atoms with E-state index in [0.717, 1.165) is 24.3 Å². The van der Waals surface area contributed by atoms with Crippen molar-refractivity contribution in [1.29, 1.82) is 0 Å². The zero-order valence-electron chi connectivity index (χ0n) is 12.1. The van der Waals surface area contributed by atoms with Crippen molar-refractivity contribution >= 4 is 28.8 Å². The van der Waals surface area contributed by atoms with Gasteiger partial charge < -0.3 is 9.64 Å². The van der Waals surface area contributed by atoms with Crippen LogP contribution in [0.1, 0.15) is 17.8 Å². The second-order valence-electron chi connectivity index (χ2n) is 5.24. The van der Waals surface area contributed by atoms with E-state index < -0.39 is 0 Å². The van der Waals surface area contributed by atoms with Crippen LogP contribution in [0.5, 0.6) is 5.75 Å². The Bertz CT molecular complexity index is 612. The Kier molecular flexibility index (Phi) is 4.95. The van der Waals surface area contributed by atoms with Crippen LogP contribution in [0.3, 0.4) is 0 Å². The average molecular weight is 337 g/mol. The zero-order valence-corrected chi connectivity index (χ0v) is 13.6. The molecule has 1 amide bonds. The molecule has 3 rings (SSSR count). The van der Waals surface area contributed by atoms with E-state index in [0.29, 0.717) is 23.4 Å². The van der Waals surface area contributed by atoms with Crippen LogP contribution < -0.4 is 4.74 Å². The number of thiazole rings is 1. The Morgan fingerprint density at radius 3 is 2.77 bits per heavy atom. The fraction of sp³-hybridized carbons (Fsp3) is 0.375. The molecule has 0 radical (unpaired) electrons. The van der Waals surface area contributed by atoms with Gasteiger partial charge in [0.25, 0.3) is 5.91 Å². The minimum atomic E-state index is 0.0361. The molecule has 0 N–H and O–H groups in total. The van der Waals surface area contributed by atoms with Crippen molar-refractivity contribution in [2.24, 2.45) is 0 Å². The lowest BCUT2D eigenvalue weighted by Gasteiger charge is -2.22. The summed E-state index contributed by atoms with van der Waals surface area (Å²) in [6.07, 6.45) is 4.78. The first-order chi connectivity index (χ1) is 10.7. The third-order valence-corrected chi connectivity index (χ3v) is 4.63. The lowest BCUT2D eigenvalue weighted by atomic mass is 10.3. The molecule has 4 nitrogen and oxygen atoms in total. The maximum Gasteiger partial charge on any atom is 0.260 e. The van der Waals surface area contributed by atoms with Crippen molar-refractivity contribution in [2.45, 2.75) is 25.3 Å². The van der Waals surface area contributed by atoms with E-state index in [1.165, 1.54) is 0 Å². The summed E-state index contributed by atoms with van der Waals surface area (Å²) in [6.45, 7) is 0.775. The average Bonchev–Trinajstić information content (AvgIpc) is 3.22. The van der Waals surface area contributed by atoms with Crippen LogP contribution in [0.4, 0.5) is 0 Å². The van der Waals surface area contributed by atoms with E-state index in [9.17, 15) is 4.79 Å². The van der Waals surface area contributed by atoms with Crippen molar-refractivity contribution < 1.29 is 9.53 Å². The first-order valence-corrected chi connectivity index (χ1v) is 8.54. The van der Waals surface area contributed by atoms with Crippen LogP contribution in [0.15, 0.2) is 35.8 Å². The van der Waals surface area contributed by atoms with Gasteiger partial charge in [-0.15, -0.1) is 11.3 Å². The van der Waals surface area contributed by atoms with Crippen molar-refractivity contribution in [2.75, 3.05) is 13.2 Å². The second-order valence-corrected chi connectivity index (χ2v) is 6.65. The van der Waals surface area contributed by atoms with Gasteiger partial charge in [0.1, 0.15) is 5.75 Å². The summed E-state index contributed by atoms with van der Waals surface area (Å²) in [5.74, 6) is 0.697. The van der Waals surface area contributed by atoms with Crippen molar-refractivity contribution in [1.82, 2.24) is 9.88 Å². The molecular formula is C16H17ClN2O2S. The number of halogens is 1. The summed E-state index contributed by atoms with van der Waals surface area (Å²) in [5.41, 5.74) is 0. The smallest absolute Gasteiger partial charge is 0.260 e. The monoisotopic (exact) mass is 336 g/mol. The van der Waals surface area contributed by atoms with Gasteiger partial charge in [-0.25, -0.2) is 4.98 Å². The fourth-order valence-electron chi connectivity index (χ4n) is 2.25. The highest BCUT2D eigenvalue weighted by atomic mass is 35.5. The summed E-state index contributed by atoms with van der Waals surface area (Å²) in [6, 6.07) is 7.42. The highest BCUT2D eigenvalue weighted by molar-refractivity contribution is 7.09. The third-order valence-electron chi connectivity index (χ3n) is 3.53. The molecule has 1 aliphatic carbocycles. The number of amides is 1. The molecule has 1 fully saturated rings.